The molecule has 1 heterocycles. The van der Waals surface area contributed by atoms with E-state index in [2.05, 4.69) is 0 Å². The molecule has 3 rings (SSSR count). The van der Waals surface area contributed by atoms with E-state index in [1.165, 1.54) is 9.71 Å². The van der Waals surface area contributed by atoms with Crippen molar-refractivity contribution in [3.05, 3.63) is 65.3 Å². The van der Waals surface area contributed by atoms with Crippen LogP contribution in [0.3, 0.4) is 0 Å². The summed E-state index contributed by atoms with van der Waals surface area (Å²) >= 11 is 0. The van der Waals surface area contributed by atoms with E-state index >= 15 is 0 Å². The number of aryl methyl sites for hydroxylation is 1. The van der Waals surface area contributed by atoms with Crippen LogP contribution in [-0.2, 0) is 28.4 Å². The van der Waals surface area contributed by atoms with Crippen LogP contribution in [0.15, 0.2) is 54.1 Å². The SMILES string of the molecule is CC(C)N(CC(=O)N(Cc1cccn1C)C1CC1)S(=O)(=O)/C=C/c1ccccc1. The summed E-state index contributed by atoms with van der Waals surface area (Å²) in [6.45, 7) is 3.93. The Hall–Kier alpha value is -2.38. The van der Waals surface area contributed by atoms with Crippen LogP contribution in [0, 0.1) is 0 Å². The molecule has 1 saturated carbocycles. The molecule has 0 unspecified atom stereocenters. The van der Waals surface area contributed by atoms with Gasteiger partial charge in [0.25, 0.3) is 0 Å². The zero-order valence-corrected chi connectivity index (χ0v) is 18.0. The minimum absolute atomic E-state index is 0.153. The number of hydrogen-bond donors (Lipinski definition) is 0. The van der Waals surface area contributed by atoms with Gasteiger partial charge in [-0.15, -0.1) is 0 Å². The van der Waals surface area contributed by atoms with Gasteiger partial charge in [0.1, 0.15) is 0 Å². The summed E-state index contributed by atoms with van der Waals surface area (Å²) in [7, 11) is -1.78. The first-order valence-corrected chi connectivity index (χ1v) is 11.4. The molecule has 0 N–H and O–H groups in total. The van der Waals surface area contributed by atoms with Gasteiger partial charge in [0.05, 0.1) is 13.1 Å². The number of nitrogens with zero attached hydrogens (tertiary/aromatic N) is 3. The lowest BCUT2D eigenvalue weighted by Crippen LogP contribution is -2.45. The molecule has 156 valence electrons. The van der Waals surface area contributed by atoms with Crippen molar-refractivity contribution in [2.45, 2.75) is 45.3 Å². The highest BCUT2D eigenvalue weighted by atomic mass is 32.2. The molecule has 0 spiro atoms. The van der Waals surface area contributed by atoms with Crippen LogP contribution >= 0.6 is 0 Å². The van der Waals surface area contributed by atoms with Crippen molar-refractivity contribution in [1.82, 2.24) is 13.8 Å². The van der Waals surface area contributed by atoms with Crippen LogP contribution in [0.25, 0.3) is 6.08 Å². The maximum Gasteiger partial charge on any atom is 0.238 e. The van der Waals surface area contributed by atoms with Crippen molar-refractivity contribution in [3.8, 4) is 0 Å². The van der Waals surface area contributed by atoms with Gasteiger partial charge in [-0.25, -0.2) is 8.42 Å². The molecule has 7 heteroatoms. The second-order valence-electron chi connectivity index (χ2n) is 7.76. The normalized spacial score (nSPS) is 14.8. The van der Waals surface area contributed by atoms with Crippen molar-refractivity contribution >= 4 is 22.0 Å². The van der Waals surface area contributed by atoms with Gasteiger partial charge in [-0.3, -0.25) is 4.79 Å². The van der Waals surface area contributed by atoms with Crippen molar-refractivity contribution in [2.24, 2.45) is 7.05 Å². The van der Waals surface area contributed by atoms with Crippen LogP contribution in [-0.4, -0.2) is 46.7 Å². The van der Waals surface area contributed by atoms with E-state index in [9.17, 15) is 13.2 Å². The predicted octanol–water partition coefficient (Wildman–Crippen LogP) is 3.23. The zero-order chi connectivity index (χ0) is 21.0. The molecule has 0 radical (unpaired) electrons. The molecule has 29 heavy (non-hydrogen) atoms. The second kappa shape index (κ2) is 8.97. The quantitative estimate of drug-likeness (QED) is 0.632. The Kier molecular flexibility index (Phi) is 6.59. The van der Waals surface area contributed by atoms with Crippen LogP contribution < -0.4 is 0 Å². The van der Waals surface area contributed by atoms with E-state index in [1.54, 1.807) is 19.9 Å². The van der Waals surface area contributed by atoms with Gasteiger partial charge in [0, 0.05) is 36.4 Å². The summed E-state index contributed by atoms with van der Waals surface area (Å²) in [6, 6.07) is 13.1. The highest BCUT2D eigenvalue weighted by Gasteiger charge is 2.35. The number of carbonyl (C=O) groups is 1. The fraction of sp³-hybridized carbons (Fsp3) is 0.409. The van der Waals surface area contributed by atoms with Gasteiger partial charge < -0.3 is 9.47 Å². The number of aromatic nitrogens is 1. The summed E-state index contributed by atoms with van der Waals surface area (Å²) in [4.78, 5) is 14.9. The Morgan fingerprint density at radius 2 is 1.86 bits per heavy atom. The number of carbonyl (C=O) groups excluding carboxylic acids is 1. The maximum atomic E-state index is 13.1. The molecule has 1 aromatic heterocycles. The summed E-state index contributed by atoms with van der Waals surface area (Å²) in [6.07, 6.45) is 5.46. The van der Waals surface area contributed by atoms with Gasteiger partial charge in [-0.2, -0.15) is 4.31 Å². The van der Waals surface area contributed by atoms with Gasteiger partial charge in [0.2, 0.25) is 15.9 Å². The van der Waals surface area contributed by atoms with E-state index in [1.807, 2.05) is 65.2 Å². The molecule has 0 saturated heterocycles. The molecule has 1 aliphatic carbocycles. The van der Waals surface area contributed by atoms with E-state index in [0.29, 0.717) is 6.54 Å². The summed E-state index contributed by atoms with van der Waals surface area (Å²) < 4.78 is 29.1. The van der Waals surface area contributed by atoms with E-state index < -0.39 is 10.0 Å². The fourth-order valence-electron chi connectivity index (χ4n) is 3.24. The Labute approximate surface area is 173 Å². The smallest absolute Gasteiger partial charge is 0.238 e. The summed E-state index contributed by atoms with van der Waals surface area (Å²) in [5.74, 6) is -0.154. The molecule has 2 aromatic rings. The average molecular weight is 416 g/mol. The van der Waals surface area contributed by atoms with Gasteiger partial charge >= 0.3 is 0 Å². The number of benzene rings is 1. The molecule has 0 aliphatic heterocycles. The first-order valence-electron chi connectivity index (χ1n) is 9.92. The third-order valence-electron chi connectivity index (χ3n) is 5.12. The second-order valence-corrected chi connectivity index (χ2v) is 9.53. The van der Waals surface area contributed by atoms with Crippen LogP contribution in [0.4, 0.5) is 0 Å². The van der Waals surface area contributed by atoms with Crippen molar-refractivity contribution in [2.75, 3.05) is 6.54 Å². The third kappa shape index (κ3) is 5.58. The molecule has 0 atom stereocenters. The van der Waals surface area contributed by atoms with E-state index in [0.717, 1.165) is 24.1 Å². The Morgan fingerprint density at radius 3 is 2.41 bits per heavy atom. The van der Waals surface area contributed by atoms with E-state index in [-0.39, 0.29) is 24.5 Å². The van der Waals surface area contributed by atoms with Crippen molar-refractivity contribution in [1.29, 1.82) is 0 Å². The minimum Gasteiger partial charge on any atom is -0.353 e. The first-order chi connectivity index (χ1) is 13.8. The molecular formula is C22H29N3O3S. The number of sulfonamides is 1. The largest absolute Gasteiger partial charge is 0.353 e. The molecule has 1 fully saturated rings. The van der Waals surface area contributed by atoms with Crippen LogP contribution in [0.1, 0.15) is 37.9 Å². The summed E-state index contributed by atoms with van der Waals surface area (Å²) in [5, 5.41) is 1.19. The lowest BCUT2D eigenvalue weighted by molar-refractivity contribution is -0.133. The lowest BCUT2D eigenvalue weighted by Gasteiger charge is -2.28. The minimum atomic E-state index is -3.72. The highest BCUT2D eigenvalue weighted by Crippen LogP contribution is 2.29. The molecule has 1 aromatic carbocycles. The van der Waals surface area contributed by atoms with Crippen molar-refractivity contribution in [3.63, 3.8) is 0 Å². The Bertz CT molecular complexity index is 960. The molecule has 6 nitrogen and oxygen atoms in total. The Morgan fingerprint density at radius 1 is 1.17 bits per heavy atom. The average Bonchev–Trinajstić information content (AvgIpc) is 3.45. The van der Waals surface area contributed by atoms with Gasteiger partial charge in [0.15, 0.2) is 0 Å². The maximum absolute atomic E-state index is 13.1. The molecule has 1 aliphatic rings. The van der Waals surface area contributed by atoms with E-state index in [4.69, 9.17) is 0 Å². The van der Waals surface area contributed by atoms with Crippen LogP contribution in [0.2, 0.25) is 0 Å². The first kappa shape index (κ1) is 21.3. The third-order valence-corrected chi connectivity index (χ3v) is 6.80. The lowest BCUT2D eigenvalue weighted by atomic mass is 10.2. The number of amides is 1. The molecule has 1 amide bonds. The van der Waals surface area contributed by atoms with Crippen LogP contribution in [0.5, 0.6) is 0 Å². The topological polar surface area (TPSA) is 62.6 Å². The summed E-state index contributed by atoms with van der Waals surface area (Å²) in [5.41, 5.74) is 1.84. The standard InChI is InChI=1S/C22H29N3O3S/c1-18(2)25(29(27,28)15-13-19-8-5-4-6-9-19)17-22(26)24(20-11-12-20)16-21-10-7-14-23(21)3/h4-10,13-15,18,20H,11-12,16-17H2,1-3H3/b15-13+. The highest BCUT2D eigenvalue weighted by molar-refractivity contribution is 7.92. The van der Waals surface area contributed by atoms with Gasteiger partial charge in [-0.1, -0.05) is 30.3 Å². The monoisotopic (exact) mass is 415 g/mol. The fourth-order valence-corrected chi connectivity index (χ4v) is 4.60. The zero-order valence-electron chi connectivity index (χ0n) is 17.2. The Balaban J connectivity index is 1.75. The van der Waals surface area contributed by atoms with Gasteiger partial charge in [-0.05, 0) is 50.5 Å². The molecular weight excluding hydrogens is 386 g/mol. The number of rotatable bonds is 9. The number of hydrogen-bond acceptors (Lipinski definition) is 3. The molecule has 0 bridgehead atoms. The van der Waals surface area contributed by atoms with Crippen molar-refractivity contribution < 1.29 is 13.2 Å². The predicted molar refractivity (Wildman–Crippen MR) is 115 cm³/mol.